The topological polar surface area (TPSA) is 46.5 Å². The standard InChI is InChI=1S/C8H14O3/c1-6(5-9)4-7(2)8(10)11-3/h6,9H,2,4-5H2,1,3H3. The molecule has 0 spiro atoms. The zero-order valence-electron chi connectivity index (χ0n) is 6.96. The number of aliphatic hydroxyl groups is 1. The summed E-state index contributed by atoms with van der Waals surface area (Å²) in [5, 5.41) is 8.64. The molecule has 1 atom stereocenters. The summed E-state index contributed by atoms with van der Waals surface area (Å²) in [7, 11) is 1.32. The molecular weight excluding hydrogens is 144 g/mol. The van der Waals surface area contributed by atoms with Gasteiger partial charge in [-0.2, -0.15) is 0 Å². The fourth-order valence-electron chi connectivity index (χ4n) is 0.713. The van der Waals surface area contributed by atoms with Crippen molar-refractivity contribution in [2.75, 3.05) is 13.7 Å². The van der Waals surface area contributed by atoms with Crippen LogP contribution in [0, 0.1) is 5.92 Å². The fraction of sp³-hybridized carbons (Fsp3) is 0.625. The van der Waals surface area contributed by atoms with E-state index in [2.05, 4.69) is 11.3 Å². The molecule has 11 heavy (non-hydrogen) atoms. The van der Waals surface area contributed by atoms with E-state index in [4.69, 9.17) is 5.11 Å². The Balaban J connectivity index is 3.77. The normalized spacial score (nSPS) is 12.3. The van der Waals surface area contributed by atoms with E-state index in [0.717, 1.165) is 0 Å². The average molecular weight is 158 g/mol. The van der Waals surface area contributed by atoms with E-state index >= 15 is 0 Å². The maximum atomic E-state index is 10.8. The molecule has 0 rings (SSSR count). The molecule has 0 aliphatic heterocycles. The number of rotatable bonds is 4. The van der Waals surface area contributed by atoms with Gasteiger partial charge in [-0.25, -0.2) is 4.79 Å². The first-order valence-electron chi connectivity index (χ1n) is 3.48. The summed E-state index contributed by atoms with van der Waals surface area (Å²) in [5.74, 6) is -0.327. The first-order valence-corrected chi connectivity index (χ1v) is 3.48. The Labute approximate surface area is 66.7 Å². The van der Waals surface area contributed by atoms with Crippen molar-refractivity contribution in [1.29, 1.82) is 0 Å². The second-order valence-electron chi connectivity index (χ2n) is 2.59. The molecule has 0 fully saturated rings. The van der Waals surface area contributed by atoms with E-state index in [1.165, 1.54) is 7.11 Å². The summed E-state index contributed by atoms with van der Waals surface area (Å²) in [4.78, 5) is 10.8. The molecule has 3 nitrogen and oxygen atoms in total. The second kappa shape index (κ2) is 4.91. The van der Waals surface area contributed by atoms with Crippen molar-refractivity contribution in [3.05, 3.63) is 12.2 Å². The molecule has 0 aliphatic carbocycles. The molecule has 1 N–H and O–H groups in total. The highest BCUT2D eigenvalue weighted by Gasteiger charge is 2.09. The van der Waals surface area contributed by atoms with Crippen LogP contribution < -0.4 is 0 Å². The minimum Gasteiger partial charge on any atom is -0.466 e. The molecule has 0 amide bonds. The Morgan fingerprint density at radius 3 is 2.64 bits per heavy atom. The molecule has 3 heteroatoms. The lowest BCUT2D eigenvalue weighted by Gasteiger charge is -2.07. The van der Waals surface area contributed by atoms with Crippen LogP contribution in [0.15, 0.2) is 12.2 Å². The molecule has 0 aromatic carbocycles. The Morgan fingerprint density at radius 2 is 2.27 bits per heavy atom. The van der Waals surface area contributed by atoms with Crippen LogP contribution in [0.25, 0.3) is 0 Å². The number of hydrogen-bond donors (Lipinski definition) is 1. The fourth-order valence-corrected chi connectivity index (χ4v) is 0.713. The lowest BCUT2D eigenvalue weighted by atomic mass is 10.0. The molecule has 64 valence electrons. The number of esters is 1. The molecule has 0 aliphatic rings. The van der Waals surface area contributed by atoms with E-state index in [1.54, 1.807) is 0 Å². The van der Waals surface area contributed by atoms with E-state index in [9.17, 15) is 4.79 Å². The highest BCUT2D eigenvalue weighted by molar-refractivity contribution is 5.87. The number of carbonyl (C=O) groups excluding carboxylic acids is 1. The third-order valence-electron chi connectivity index (χ3n) is 1.38. The van der Waals surface area contributed by atoms with Crippen LogP contribution in [0.4, 0.5) is 0 Å². The predicted octanol–water partition coefficient (Wildman–Crippen LogP) is 0.734. The maximum Gasteiger partial charge on any atom is 0.333 e. The number of methoxy groups -OCH3 is 1. The predicted molar refractivity (Wildman–Crippen MR) is 42.0 cm³/mol. The number of ether oxygens (including phenoxy) is 1. The lowest BCUT2D eigenvalue weighted by molar-refractivity contribution is -0.136. The van der Waals surface area contributed by atoms with Gasteiger partial charge in [0.1, 0.15) is 0 Å². The van der Waals surface area contributed by atoms with Crippen molar-refractivity contribution in [2.45, 2.75) is 13.3 Å². The van der Waals surface area contributed by atoms with E-state index < -0.39 is 5.97 Å². The highest BCUT2D eigenvalue weighted by atomic mass is 16.5. The van der Waals surface area contributed by atoms with E-state index in [1.807, 2.05) is 6.92 Å². The highest BCUT2D eigenvalue weighted by Crippen LogP contribution is 2.09. The van der Waals surface area contributed by atoms with E-state index in [0.29, 0.717) is 12.0 Å². The van der Waals surface area contributed by atoms with Crippen molar-refractivity contribution in [3.63, 3.8) is 0 Å². The van der Waals surface area contributed by atoms with Crippen LogP contribution in [0.1, 0.15) is 13.3 Å². The van der Waals surface area contributed by atoms with Gasteiger partial charge in [0.15, 0.2) is 0 Å². The quantitative estimate of drug-likeness (QED) is 0.484. The molecule has 0 heterocycles. The molecule has 0 bridgehead atoms. The van der Waals surface area contributed by atoms with Crippen LogP contribution in [0.5, 0.6) is 0 Å². The van der Waals surface area contributed by atoms with Crippen molar-refractivity contribution < 1.29 is 14.6 Å². The minimum absolute atomic E-state index is 0.0655. The van der Waals surface area contributed by atoms with E-state index in [-0.39, 0.29) is 12.5 Å². The van der Waals surface area contributed by atoms with Gasteiger partial charge < -0.3 is 9.84 Å². The molecule has 0 saturated heterocycles. The number of aliphatic hydroxyl groups excluding tert-OH is 1. The SMILES string of the molecule is C=C(CC(C)CO)C(=O)OC. The van der Waals surface area contributed by atoms with Gasteiger partial charge in [0.05, 0.1) is 7.11 Å². The Hall–Kier alpha value is -0.830. The Bertz CT molecular complexity index is 151. The van der Waals surface area contributed by atoms with Crippen LogP contribution in [0.2, 0.25) is 0 Å². The Morgan fingerprint density at radius 1 is 1.73 bits per heavy atom. The first-order chi connectivity index (χ1) is 5.11. The first kappa shape index (κ1) is 10.2. The maximum absolute atomic E-state index is 10.8. The molecule has 0 aromatic rings. The summed E-state index contributed by atoms with van der Waals surface area (Å²) in [6, 6.07) is 0. The van der Waals surface area contributed by atoms with Gasteiger partial charge in [-0.3, -0.25) is 0 Å². The Kier molecular flexibility index (Phi) is 4.54. The number of carbonyl (C=O) groups is 1. The summed E-state index contributed by atoms with van der Waals surface area (Å²) in [6.07, 6.45) is 0.489. The van der Waals surface area contributed by atoms with Crippen molar-refractivity contribution >= 4 is 5.97 Å². The largest absolute Gasteiger partial charge is 0.466 e. The van der Waals surface area contributed by atoms with Gasteiger partial charge in [0.2, 0.25) is 0 Å². The summed E-state index contributed by atoms with van der Waals surface area (Å²) < 4.78 is 4.44. The zero-order valence-corrected chi connectivity index (χ0v) is 6.96. The zero-order chi connectivity index (χ0) is 8.85. The van der Waals surface area contributed by atoms with Gasteiger partial charge in [-0.15, -0.1) is 0 Å². The number of hydrogen-bond acceptors (Lipinski definition) is 3. The van der Waals surface area contributed by atoms with Crippen molar-refractivity contribution in [2.24, 2.45) is 5.92 Å². The van der Waals surface area contributed by atoms with Gasteiger partial charge in [-0.05, 0) is 12.3 Å². The van der Waals surface area contributed by atoms with Gasteiger partial charge in [0.25, 0.3) is 0 Å². The van der Waals surface area contributed by atoms with Crippen molar-refractivity contribution in [3.8, 4) is 0 Å². The average Bonchev–Trinajstić information content (AvgIpc) is 2.02. The van der Waals surface area contributed by atoms with Gasteiger partial charge in [-0.1, -0.05) is 13.5 Å². The molecule has 0 aromatic heterocycles. The van der Waals surface area contributed by atoms with Gasteiger partial charge >= 0.3 is 5.97 Å². The molecule has 0 radical (unpaired) electrons. The van der Waals surface area contributed by atoms with Crippen LogP contribution in [-0.4, -0.2) is 24.8 Å². The molecular formula is C8H14O3. The summed E-state index contributed by atoms with van der Waals surface area (Å²) >= 11 is 0. The summed E-state index contributed by atoms with van der Waals surface area (Å²) in [5.41, 5.74) is 0.411. The third-order valence-corrected chi connectivity index (χ3v) is 1.38. The van der Waals surface area contributed by atoms with Crippen LogP contribution in [-0.2, 0) is 9.53 Å². The molecule has 0 saturated carbocycles. The monoisotopic (exact) mass is 158 g/mol. The third kappa shape index (κ3) is 3.78. The van der Waals surface area contributed by atoms with Crippen molar-refractivity contribution in [1.82, 2.24) is 0 Å². The minimum atomic E-state index is -0.398. The van der Waals surface area contributed by atoms with Gasteiger partial charge in [0, 0.05) is 12.2 Å². The lowest BCUT2D eigenvalue weighted by Crippen LogP contribution is -2.09. The second-order valence-corrected chi connectivity index (χ2v) is 2.59. The van der Waals surface area contributed by atoms with Crippen LogP contribution >= 0.6 is 0 Å². The summed E-state index contributed by atoms with van der Waals surface area (Å²) in [6.45, 7) is 5.43. The molecule has 1 unspecified atom stereocenters. The van der Waals surface area contributed by atoms with Crippen LogP contribution in [0.3, 0.4) is 0 Å². The smallest absolute Gasteiger partial charge is 0.333 e.